The lowest BCUT2D eigenvalue weighted by Gasteiger charge is -2.19. The number of hydrogen-bond donors (Lipinski definition) is 2. The fraction of sp³-hybridized carbons (Fsp3) is 0.500. The van der Waals surface area contributed by atoms with Crippen LogP contribution in [0.25, 0.3) is 0 Å². The minimum atomic E-state index is -1.71. The average molecular weight is 301 g/mol. The molecule has 0 spiro atoms. The third kappa shape index (κ3) is 2.16. The molecule has 1 saturated heterocycles. The largest absolute Gasteiger partial charge is 0.503 e. The minimum Gasteiger partial charge on any atom is -0.503 e. The van der Waals surface area contributed by atoms with E-state index in [2.05, 4.69) is 0 Å². The van der Waals surface area contributed by atoms with Crippen LogP contribution in [-0.4, -0.2) is 40.2 Å². The Hall–Kier alpha value is -1.76. The summed E-state index contributed by atoms with van der Waals surface area (Å²) in [5.74, 6) is -6.85. The van der Waals surface area contributed by atoms with Crippen LogP contribution in [0.3, 0.4) is 0 Å². The maximum atomic E-state index is 13.8. The van der Waals surface area contributed by atoms with E-state index in [4.69, 9.17) is 5.11 Å². The molecule has 21 heavy (non-hydrogen) atoms. The first-order chi connectivity index (χ1) is 9.90. The van der Waals surface area contributed by atoms with Crippen LogP contribution >= 0.6 is 0 Å². The molecule has 7 heteroatoms. The number of carbonyl (C=O) groups excluding carboxylic acids is 1. The number of hydrogen-bond acceptors (Lipinski definition) is 3. The summed E-state index contributed by atoms with van der Waals surface area (Å²) in [4.78, 5) is 13.5. The van der Waals surface area contributed by atoms with Crippen molar-refractivity contribution in [1.29, 1.82) is 0 Å². The van der Waals surface area contributed by atoms with Gasteiger partial charge in [0.2, 0.25) is 5.82 Å². The number of aromatic hydroxyl groups is 1. The Balaban J connectivity index is 1.87. The molecule has 0 bridgehead atoms. The first kappa shape index (κ1) is 14.2. The van der Waals surface area contributed by atoms with E-state index in [1.54, 1.807) is 0 Å². The number of benzene rings is 1. The van der Waals surface area contributed by atoms with Crippen molar-refractivity contribution in [3.8, 4) is 5.75 Å². The number of phenols is 1. The van der Waals surface area contributed by atoms with Gasteiger partial charge in [-0.3, -0.25) is 4.79 Å². The van der Waals surface area contributed by atoms with Gasteiger partial charge in [0.15, 0.2) is 17.4 Å². The molecule has 1 aromatic carbocycles. The predicted octanol–water partition coefficient (Wildman–Crippen LogP) is 1.65. The van der Waals surface area contributed by atoms with Gasteiger partial charge in [-0.2, -0.15) is 4.39 Å². The molecule has 2 fully saturated rings. The zero-order chi connectivity index (χ0) is 15.3. The monoisotopic (exact) mass is 301 g/mol. The summed E-state index contributed by atoms with van der Waals surface area (Å²) in [7, 11) is 0. The van der Waals surface area contributed by atoms with E-state index in [1.807, 2.05) is 0 Å². The van der Waals surface area contributed by atoms with Crippen molar-refractivity contribution < 1.29 is 28.2 Å². The topological polar surface area (TPSA) is 60.8 Å². The highest BCUT2D eigenvalue weighted by Gasteiger charge is 2.44. The highest BCUT2D eigenvalue weighted by molar-refractivity contribution is 5.95. The minimum absolute atomic E-state index is 0.0593. The molecule has 1 aliphatic heterocycles. The van der Waals surface area contributed by atoms with Crippen molar-refractivity contribution in [2.75, 3.05) is 13.1 Å². The smallest absolute Gasteiger partial charge is 0.257 e. The van der Waals surface area contributed by atoms with Gasteiger partial charge >= 0.3 is 0 Å². The second-order valence-electron chi connectivity index (χ2n) is 5.66. The van der Waals surface area contributed by atoms with Crippen LogP contribution in [0.4, 0.5) is 13.2 Å². The number of halogens is 3. The average Bonchev–Trinajstić information content (AvgIpc) is 3.02. The third-order valence-electron chi connectivity index (χ3n) is 4.47. The Bertz CT molecular complexity index is 608. The molecule has 0 radical (unpaired) electrons. The molecule has 4 nitrogen and oxygen atoms in total. The maximum Gasteiger partial charge on any atom is 0.257 e. The van der Waals surface area contributed by atoms with Gasteiger partial charge in [0.25, 0.3) is 5.91 Å². The lowest BCUT2D eigenvalue weighted by atomic mass is 10.00. The summed E-state index contributed by atoms with van der Waals surface area (Å²) < 4.78 is 40.0. The molecule has 1 aliphatic carbocycles. The number of aliphatic hydroxyl groups excluding tert-OH is 1. The summed E-state index contributed by atoms with van der Waals surface area (Å²) >= 11 is 0. The standard InChI is InChI=1S/C14H14F3NO3/c15-9-3-7(11(16)13(20)12(9)17)14(21)18-4-6-1-2-10(19)8(6)5-18/h3,6,8,10,19-20H,1-2,4-5H2. The summed E-state index contributed by atoms with van der Waals surface area (Å²) in [6.07, 6.45) is 0.967. The van der Waals surface area contributed by atoms with Crippen LogP contribution in [0.15, 0.2) is 6.07 Å². The zero-order valence-corrected chi connectivity index (χ0v) is 11.0. The maximum absolute atomic E-state index is 13.8. The van der Waals surface area contributed by atoms with Crippen molar-refractivity contribution in [3.05, 3.63) is 29.1 Å². The SMILES string of the molecule is O=C(c1cc(F)c(F)c(O)c1F)N1CC2CCC(O)C2C1. The number of likely N-dealkylation sites (tertiary alicyclic amines) is 1. The van der Waals surface area contributed by atoms with Crippen molar-refractivity contribution in [2.24, 2.45) is 11.8 Å². The van der Waals surface area contributed by atoms with Crippen LogP contribution in [-0.2, 0) is 0 Å². The van der Waals surface area contributed by atoms with E-state index in [0.717, 1.165) is 6.42 Å². The zero-order valence-electron chi connectivity index (χ0n) is 11.0. The summed E-state index contributed by atoms with van der Waals surface area (Å²) in [5, 5.41) is 18.9. The summed E-state index contributed by atoms with van der Waals surface area (Å²) in [6, 6.07) is 0.456. The molecule has 0 aromatic heterocycles. The van der Waals surface area contributed by atoms with E-state index in [-0.39, 0.29) is 18.4 Å². The second-order valence-corrected chi connectivity index (χ2v) is 5.66. The number of carbonyl (C=O) groups is 1. The number of nitrogens with zero attached hydrogens (tertiary/aromatic N) is 1. The van der Waals surface area contributed by atoms with Crippen molar-refractivity contribution in [2.45, 2.75) is 18.9 Å². The van der Waals surface area contributed by atoms with E-state index in [9.17, 15) is 23.1 Å². The van der Waals surface area contributed by atoms with E-state index in [0.29, 0.717) is 19.0 Å². The molecule has 2 aliphatic rings. The predicted molar refractivity (Wildman–Crippen MR) is 66.1 cm³/mol. The van der Waals surface area contributed by atoms with Gasteiger partial charge in [-0.1, -0.05) is 0 Å². The van der Waals surface area contributed by atoms with Crippen molar-refractivity contribution in [1.82, 2.24) is 4.90 Å². The van der Waals surface area contributed by atoms with Crippen LogP contribution < -0.4 is 0 Å². The van der Waals surface area contributed by atoms with E-state index in [1.165, 1.54) is 4.90 Å². The van der Waals surface area contributed by atoms with Crippen LogP contribution in [0.2, 0.25) is 0 Å². The molecule has 1 amide bonds. The molecule has 1 heterocycles. The Morgan fingerprint density at radius 3 is 2.57 bits per heavy atom. The molecular weight excluding hydrogens is 287 g/mol. The summed E-state index contributed by atoms with van der Waals surface area (Å²) in [5.41, 5.74) is -0.694. The Morgan fingerprint density at radius 2 is 1.90 bits per heavy atom. The Labute approximate surface area is 118 Å². The molecule has 2 N–H and O–H groups in total. The number of rotatable bonds is 1. The van der Waals surface area contributed by atoms with Crippen LogP contribution in [0.5, 0.6) is 5.75 Å². The van der Waals surface area contributed by atoms with Gasteiger partial charge in [0.1, 0.15) is 0 Å². The number of amides is 1. The van der Waals surface area contributed by atoms with Gasteiger partial charge < -0.3 is 15.1 Å². The van der Waals surface area contributed by atoms with E-state index < -0.39 is 40.8 Å². The first-order valence-electron chi connectivity index (χ1n) is 6.74. The summed E-state index contributed by atoms with van der Waals surface area (Å²) in [6.45, 7) is 0.601. The van der Waals surface area contributed by atoms with Crippen molar-refractivity contribution >= 4 is 5.91 Å². The van der Waals surface area contributed by atoms with Gasteiger partial charge in [-0.15, -0.1) is 0 Å². The molecule has 3 unspecified atom stereocenters. The second kappa shape index (κ2) is 4.91. The number of fused-ring (bicyclic) bond motifs is 1. The molecule has 3 rings (SSSR count). The lowest BCUT2D eigenvalue weighted by Crippen LogP contribution is -2.31. The molecule has 1 saturated carbocycles. The molecule has 1 aromatic rings. The highest BCUT2D eigenvalue weighted by atomic mass is 19.2. The Morgan fingerprint density at radius 1 is 1.19 bits per heavy atom. The van der Waals surface area contributed by atoms with Gasteiger partial charge in [-0.25, -0.2) is 8.78 Å². The Kier molecular flexibility index (Phi) is 3.32. The number of phenolic OH excluding ortho intramolecular Hbond substituents is 1. The fourth-order valence-electron chi connectivity index (χ4n) is 3.32. The lowest BCUT2D eigenvalue weighted by molar-refractivity contribution is 0.0746. The van der Waals surface area contributed by atoms with Crippen molar-refractivity contribution in [3.63, 3.8) is 0 Å². The normalized spacial score (nSPS) is 28.0. The van der Waals surface area contributed by atoms with Gasteiger partial charge in [0.05, 0.1) is 11.7 Å². The quantitative estimate of drug-likeness (QED) is 0.775. The number of aliphatic hydroxyl groups is 1. The first-order valence-corrected chi connectivity index (χ1v) is 6.74. The van der Waals surface area contributed by atoms with Gasteiger partial charge in [0, 0.05) is 19.0 Å². The molecule has 3 atom stereocenters. The van der Waals surface area contributed by atoms with Crippen LogP contribution in [0.1, 0.15) is 23.2 Å². The highest BCUT2D eigenvalue weighted by Crippen LogP contribution is 2.39. The third-order valence-corrected chi connectivity index (χ3v) is 4.47. The van der Waals surface area contributed by atoms with Crippen LogP contribution in [0, 0.1) is 29.3 Å². The molecular formula is C14H14F3NO3. The fourth-order valence-corrected chi connectivity index (χ4v) is 3.32. The van der Waals surface area contributed by atoms with E-state index >= 15 is 0 Å². The van der Waals surface area contributed by atoms with Gasteiger partial charge in [-0.05, 0) is 24.8 Å². The molecule has 114 valence electrons.